The zero-order chi connectivity index (χ0) is 13.9. The minimum Gasteiger partial charge on any atom is -0.437 e. The van der Waals surface area contributed by atoms with E-state index in [9.17, 15) is 13.5 Å². The van der Waals surface area contributed by atoms with Gasteiger partial charge in [0.2, 0.25) is 5.88 Å². The Morgan fingerprint density at radius 1 is 1.21 bits per heavy atom. The molecule has 0 saturated carbocycles. The summed E-state index contributed by atoms with van der Waals surface area (Å²) < 4.78 is 28.8. The highest BCUT2D eigenvalue weighted by Crippen LogP contribution is 2.28. The van der Waals surface area contributed by atoms with E-state index in [1.165, 1.54) is 18.3 Å². The van der Waals surface area contributed by atoms with Gasteiger partial charge < -0.3 is 9.84 Å². The van der Waals surface area contributed by atoms with Crippen molar-refractivity contribution in [1.29, 1.82) is 0 Å². The molecule has 0 unspecified atom stereocenters. The van der Waals surface area contributed by atoms with Crippen molar-refractivity contribution in [2.45, 2.75) is 11.5 Å². The van der Waals surface area contributed by atoms with Gasteiger partial charge in [-0.15, -0.1) is 0 Å². The quantitative estimate of drug-likeness (QED) is 0.923. The second-order valence-electron chi connectivity index (χ2n) is 3.95. The van der Waals surface area contributed by atoms with Crippen LogP contribution >= 0.6 is 0 Å². The first kappa shape index (κ1) is 13.5. The van der Waals surface area contributed by atoms with Crippen LogP contribution in [0.15, 0.2) is 47.5 Å². The van der Waals surface area contributed by atoms with E-state index < -0.39 is 9.84 Å². The Balaban J connectivity index is 2.45. The summed E-state index contributed by atoms with van der Waals surface area (Å²) in [5.41, 5.74) is 0.563. The lowest BCUT2D eigenvalue weighted by atomic mass is 10.2. The van der Waals surface area contributed by atoms with Crippen LogP contribution in [0, 0.1) is 0 Å². The average Bonchev–Trinajstić information content (AvgIpc) is 2.39. The summed E-state index contributed by atoms with van der Waals surface area (Å²) >= 11 is 0. The Morgan fingerprint density at radius 2 is 1.95 bits per heavy atom. The summed E-state index contributed by atoms with van der Waals surface area (Å²) in [6.07, 6.45) is 2.54. The van der Waals surface area contributed by atoms with Gasteiger partial charge in [-0.05, 0) is 18.2 Å². The van der Waals surface area contributed by atoms with E-state index in [0.717, 1.165) is 6.26 Å². The fourth-order valence-electron chi connectivity index (χ4n) is 1.57. The van der Waals surface area contributed by atoms with Crippen LogP contribution in [0.2, 0.25) is 0 Å². The molecule has 2 rings (SSSR count). The highest BCUT2D eigenvalue weighted by molar-refractivity contribution is 7.90. The number of aliphatic hydroxyl groups is 1. The van der Waals surface area contributed by atoms with E-state index in [4.69, 9.17) is 4.74 Å². The lowest BCUT2D eigenvalue weighted by Gasteiger charge is -2.11. The molecule has 6 heteroatoms. The predicted octanol–water partition coefficient (Wildman–Crippen LogP) is 1.77. The smallest absolute Gasteiger partial charge is 0.238 e. The average molecular weight is 279 g/mol. The van der Waals surface area contributed by atoms with E-state index in [1.54, 1.807) is 24.3 Å². The third-order valence-corrected chi connectivity index (χ3v) is 3.59. The molecule has 0 amide bonds. The summed E-state index contributed by atoms with van der Waals surface area (Å²) in [4.78, 5) is 3.95. The number of ether oxygens (including phenoxy) is 1. The number of pyridine rings is 1. The van der Waals surface area contributed by atoms with Gasteiger partial charge in [0, 0.05) is 18.0 Å². The Bertz CT molecular complexity index is 683. The summed E-state index contributed by atoms with van der Waals surface area (Å²) in [6.45, 7) is -0.197. The largest absolute Gasteiger partial charge is 0.437 e. The van der Waals surface area contributed by atoms with Crippen molar-refractivity contribution in [2.24, 2.45) is 0 Å². The van der Waals surface area contributed by atoms with Crippen molar-refractivity contribution in [1.82, 2.24) is 4.98 Å². The maximum absolute atomic E-state index is 11.6. The van der Waals surface area contributed by atoms with Crippen molar-refractivity contribution in [2.75, 3.05) is 6.26 Å². The second-order valence-corrected chi connectivity index (χ2v) is 5.93. The number of rotatable bonds is 4. The molecule has 100 valence electrons. The van der Waals surface area contributed by atoms with Gasteiger partial charge in [-0.3, -0.25) is 0 Å². The zero-order valence-corrected chi connectivity index (χ0v) is 11.1. The predicted molar refractivity (Wildman–Crippen MR) is 69.8 cm³/mol. The standard InChI is InChI=1S/C13H13NO4S/c1-19(16,17)12-7-4-8-14-13(12)18-11-6-3-2-5-10(11)9-15/h2-8,15H,9H2,1H3. The van der Waals surface area contributed by atoms with Gasteiger partial charge >= 0.3 is 0 Å². The third kappa shape index (κ3) is 3.10. The van der Waals surface area contributed by atoms with E-state index >= 15 is 0 Å². The summed E-state index contributed by atoms with van der Waals surface area (Å²) in [6, 6.07) is 9.79. The molecule has 19 heavy (non-hydrogen) atoms. The highest BCUT2D eigenvalue weighted by Gasteiger charge is 2.16. The number of aliphatic hydroxyl groups excluding tert-OH is 1. The minimum atomic E-state index is -3.42. The number of nitrogens with zero attached hydrogens (tertiary/aromatic N) is 1. The summed E-state index contributed by atoms with van der Waals surface area (Å²) in [5, 5.41) is 9.21. The number of benzene rings is 1. The van der Waals surface area contributed by atoms with Crippen LogP contribution in [0.3, 0.4) is 0 Å². The topological polar surface area (TPSA) is 76.5 Å². The van der Waals surface area contributed by atoms with Gasteiger partial charge in [0.1, 0.15) is 10.6 Å². The molecule has 0 saturated heterocycles. The first-order chi connectivity index (χ1) is 9.02. The number of para-hydroxylation sites is 1. The van der Waals surface area contributed by atoms with Crippen molar-refractivity contribution in [3.63, 3.8) is 0 Å². The summed E-state index contributed by atoms with van der Waals surface area (Å²) in [5.74, 6) is 0.388. The second kappa shape index (κ2) is 5.38. The van der Waals surface area contributed by atoms with Gasteiger partial charge in [-0.1, -0.05) is 18.2 Å². The molecule has 0 fully saturated rings. The van der Waals surface area contributed by atoms with Crippen LogP contribution in [0.1, 0.15) is 5.56 Å². The molecule has 1 aromatic carbocycles. The molecule has 0 aliphatic rings. The lowest BCUT2D eigenvalue weighted by Crippen LogP contribution is -2.02. The Morgan fingerprint density at radius 3 is 2.63 bits per heavy atom. The fourth-order valence-corrected chi connectivity index (χ4v) is 2.31. The van der Waals surface area contributed by atoms with Crippen molar-refractivity contribution in [3.05, 3.63) is 48.2 Å². The van der Waals surface area contributed by atoms with Gasteiger partial charge in [0.15, 0.2) is 9.84 Å². The van der Waals surface area contributed by atoms with E-state index in [-0.39, 0.29) is 17.4 Å². The molecule has 0 bridgehead atoms. The molecule has 0 radical (unpaired) electrons. The minimum absolute atomic E-state index is 0.00546. The van der Waals surface area contributed by atoms with E-state index in [2.05, 4.69) is 4.98 Å². The van der Waals surface area contributed by atoms with Crippen molar-refractivity contribution in [3.8, 4) is 11.6 Å². The van der Waals surface area contributed by atoms with Crippen LogP contribution < -0.4 is 4.74 Å². The van der Waals surface area contributed by atoms with Crippen LogP contribution in [-0.4, -0.2) is 24.8 Å². The lowest BCUT2D eigenvalue weighted by molar-refractivity contribution is 0.276. The monoisotopic (exact) mass is 279 g/mol. The molecule has 0 spiro atoms. The fraction of sp³-hybridized carbons (Fsp3) is 0.154. The summed E-state index contributed by atoms with van der Waals surface area (Å²) in [7, 11) is -3.42. The maximum atomic E-state index is 11.6. The van der Waals surface area contributed by atoms with Gasteiger partial charge in [0.25, 0.3) is 0 Å². The van der Waals surface area contributed by atoms with E-state index in [1.807, 2.05) is 0 Å². The number of sulfone groups is 1. The first-order valence-corrected chi connectivity index (χ1v) is 7.43. The Labute approximate surface area is 111 Å². The van der Waals surface area contributed by atoms with Gasteiger partial charge in [0.05, 0.1) is 6.61 Å². The highest BCUT2D eigenvalue weighted by atomic mass is 32.2. The molecule has 0 aliphatic carbocycles. The molecule has 0 atom stereocenters. The Hall–Kier alpha value is -1.92. The maximum Gasteiger partial charge on any atom is 0.238 e. The SMILES string of the molecule is CS(=O)(=O)c1cccnc1Oc1ccccc1CO. The first-order valence-electron chi connectivity index (χ1n) is 5.54. The Kier molecular flexibility index (Phi) is 3.82. The number of aromatic nitrogens is 1. The number of hydrogen-bond donors (Lipinski definition) is 1. The number of hydrogen-bond acceptors (Lipinski definition) is 5. The molecule has 1 aromatic heterocycles. The van der Waals surface area contributed by atoms with Crippen LogP contribution in [0.5, 0.6) is 11.6 Å². The van der Waals surface area contributed by atoms with E-state index in [0.29, 0.717) is 11.3 Å². The zero-order valence-electron chi connectivity index (χ0n) is 10.3. The van der Waals surface area contributed by atoms with Crippen LogP contribution in [0.4, 0.5) is 0 Å². The molecule has 2 aromatic rings. The van der Waals surface area contributed by atoms with Crippen LogP contribution in [-0.2, 0) is 16.4 Å². The third-order valence-electron chi connectivity index (χ3n) is 2.49. The van der Waals surface area contributed by atoms with Gasteiger partial charge in [-0.25, -0.2) is 13.4 Å². The van der Waals surface area contributed by atoms with Crippen molar-refractivity contribution < 1.29 is 18.3 Å². The molecular formula is C13H13NO4S. The normalized spacial score (nSPS) is 11.3. The molecular weight excluding hydrogens is 266 g/mol. The molecule has 1 N–H and O–H groups in total. The van der Waals surface area contributed by atoms with Crippen molar-refractivity contribution >= 4 is 9.84 Å². The van der Waals surface area contributed by atoms with Crippen LogP contribution in [0.25, 0.3) is 0 Å². The molecule has 5 nitrogen and oxygen atoms in total. The molecule has 1 heterocycles. The molecule has 0 aliphatic heterocycles. The van der Waals surface area contributed by atoms with Gasteiger partial charge in [-0.2, -0.15) is 0 Å².